The summed E-state index contributed by atoms with van der Waals surface area (Å²) in [5.41, 5.74) is 9.66. The second-order valence-corrected chi connectivity index (χ2v) is 9.87. The quantitative estimate of drug-likeness (QED) is 0.291. The number of nitrogens with zero attached hydrogens (tertiary/aromatic N) is 2. The Kier molecular flexibility index (Phi) is 6.80. The molecule has 1 aliphatic rings. The first-order chi connectivity index (χ1) is 16.7. The van der Waals surface area contributed by atoms with E-state index in [9.17, 15) is 5.26 Å². The van der Waals surface area contributed by atoms with Crippen LogP contribution in [0, 0.1) is 11.3 Å². The molecule has 3 aromatic carbocycles. The van der Waals surface area contributed by atoms with Crippen molar-refractivity contribution in [3.8, 4) is 28.0 Å². The van der Waals surface area contributed by atoms with Gasteiger partial charge in [0.05, 0.1) is 10.4 Å². The van der Waals surface area contributed by atoms with E-state index in [1.165, 1.54) is 50.9 Å². The zero-order chi connectivity index (χ0) is 23.3. The SMILES string of the molecule is N#Cc1ccsc1-c1ccc2cc(N)ccc2c1Oc1ccc(CCCN2CCCCC2)cc1. The Morgan fingerprint density at radius 1 is 0.971 bits per heavy atom. The number of nitrogens with two attached hydrogens (primary N) is 1. The van der Waals surface area contributed by atoms with Crippen molar-refractivity contribution >= 4 is 27.8 Å². The number of benzene rings is 3. The molecule has 0 atom stereocenters. The minimum Gasteiger partial charge on any atom is -0.456 e. The van der Waals surface area contributed by atoms with Gasteiger partial charge in [-0.1, -0.05) is 24.6 Å². The molecule has 172 valence electrons. The average Bonchev–Trinajstić information content (AvgIpc) is 3.34. The second-order valence-electron chi connectivity index (χ2n) is 8.95. The van der Waals surface area contributed by atoms with Crippen molar-refractivity contribution in [3.63, 3.8) is 0 Å². The lowest BCUT2D eigenvalue weighted by Gasteiger charge is -2.26. The molecule has 0 saturated carbocycles. The van der Waals surface area contributed by atoms with Crippen LogP contribution in [0.1, 0.15) is 36.8 Å². The van der Waals surface area contributed by atoms with Gasteiger partial charge in [0.1, 0.15) is 17.6 Å². The van der Waals surface area contributed by atoms with Gasteiger partial charge in [0.15, 0.2) is 0 Å². The molecule has 1 aliphatic heterocycles. The fraction of sp³-hybridized carbons (Fsp3) is 0.276. The Bertz CT molecular complexity index is 1310. The zero-order valence-corrected chi connectivity index (χ0v) is 20.1. The average molecular weight is 468 g/mol. The van der Waals surface area contributed by atoms with E-state index in [0.717, 1.165) is 39.1 Å². The third-order valence-corrected chi connectivity index (χ3v) is 7.50. The Hall–Kier alpha value is -3.33. The number of thiophene rings is 1. The number of hydrogen-bond donors (Lipinski definition) is 1. The predicted octanol–water partition coefficient (Wildman–Crippen LogP) is 7.23. The smallest absolute Gasteiger partial charge is 0.143 e. The number of hydrogen-bond acceptors (Lipinski definition) is 5. The molecule has 0 aliphatic carbocycles. The van der Waals surface area contributed by atoms with Gasteiger partial charge in [-0.2, -0.15) is 5.26 Å². The van der Waals surface area contributed by atoms with Crippen LogP contribution in [0.3, 0.4) is 0 Å². The molecule has 0 spiro atoms. The van der Waals surface area contributed by atoms with Crippen molar-refractivity contribution in [2.24, 2.45) is 0 Å². The summed E-state index contributed by atoms with van der Waals surface area (Å²) in [6, 6.07) is 22.5. The lowest BCUT2D eigenvalue weighted by Crippen LogP contribution is -2.30. The first-order valence-corrected chi connectivity index (χ1v) is 12.9. The first kappa shape index (κ1) is 22.5. The maximum Gasteiger partial charge on any atom is 0.143 e. The van der Waals surface area contributed by atoms with Crippen molar-refractivity contribution in [1.82, 2.24) is 4.90 Å². The fourth-order valence-electron chi connectivity index (χ4n) is 4.75. The van der Waals surface area contributed by atoms with Crippen LogP contribution >= 0.6 is 11.3 Å². The molecule has 4 aromatic rings. The van der Waals surface area contributed by atoms with Crippen LogP contribution in [-0.4, -0.2) is 24.5 Å². The van der Waals surface area contributed by atoms with Crippen LogP contribution in [0.15, 0.2) is 66.0 Å². The third-order valence-electron chi connectivity index (χ3n) is 6.56. The van der Waals surface area contributed by atoms with Crippen LogP contribution < -0.4 is 10.5 Å². The van der Waals surface area contributed by atoms with Crippen molar-refractivity contribution in [3.05, 3.63) is 77.2 Å². The maximum absolute atomic E-state index is 9.58. The fourth-order valence-corrected chi connectivity index (χ4v) is 5.61. The van der Waals surface area contributed by atoms with Crippen LogP contribution in [0.2, 0.25) is 0 Å². The van der Waals surface area contributed by atoms with Crippen molar-refractivity contribution in [2.75, 3.05) is 25.4 Å². The lowest BCUT2D eigenvalue weighted by molar-refractivity contribution is 0.226. The van der Waals surface area contributed by atoms with Gasteiger partial charge >= 0.3 is 0 Å². The molecular weight excluding hydrogens is 438 g/mol. The third kappa shape index (κ3) is 4.94. The molecule has 0 radical (unpaired) electrons. The van der Waals surface area contributed by atoms with E-state index in [1.54, 1.807) is 11.3 Å². The van der Waals surface area contributed by atoms with E-state index in [1.807, 2.05) is 41.8 Å². The summed E-state index contributed by atoms with van der Waals surface area (Å²) >= 11 is 1.56. The number of rotatable bonds is 7. The molecule has 0 unspecified atom stereocenters. The van der Waals surface area contributed by atoms with Crippen LogP contribution in [0.25, 0.3) is 21.2 Å². The summed E-state index contributed by atoms with van der Waals surface area (Å²) in [5, 5.41) is 13.5. The predicted molar refractivity (Wildman–Crippen MR) is 142 cm³/mol. The Morgan fingerprint density at radius 3 is 2.59 bits per heavy atom. The summed E-state index contributed by atoms with van der Waals surface area (Å²) < 4.78 is 6.49. The molecule has 2 heterocycles. The molecule has 4 nitrogen and oxygen atoms in total. The van der Waals surface area contributed by atoms with Crippen molar-refractivity contribution in [2.45, 2.75) is 32.1 Å². The van der Waals surface area contributed by atoms with Gasteiger partial charge in [0.25, 0.3) is 0 Å². The van der Waals surface area contributed by atoms with Gasteiger partial charge in [-0.15, -0.1) is 11.3 Å². The molecular formula is C29H29N3OS. The lowest BCUT2D eigenvalue weighted by atomic mass is 10.0. The van der Waals surface area contributed by atoms with Crippen molar-refractivity contribution < 1.29 is 4.74 Å². The molecule has 5 heteroatoms. The Morgan fingerprint density at radius 2 is 1.79 bits per heavy atom. The van der Waals surface area contributed by atoms with E-state index in [4.69, 9.17) is 10.5 Å². The van der Waals surface area contributed by atoms with E-state index in [0.29, 0.717) is 11.3 Å². The van der Waals surface area contributed by atoms with Gasteiger partial charge in [-0.25, -0.2) is 0 Å². The first-order valence-electron chi connectivity index (χ1n) is 12.0. The highest BCUT2D eigenvalue weighted by Crippen LogP contribution is 2.43. The monoisotopic (exact) mass is 467 g/mol. The highest BCUT2D eigenvalue weighted by Gasteiger charge is 2.17. The zero-order valence-electron chi connectivity index (χ0n) is 19.3. The summed E-state index contributed by atoms with van der Waals surface area (Å²) in [4.78, 5) is 3.51. The molecule has 0 bridgehead atoms. The summed E-state index contributed by atoms with van der Waals surface area (Å²) in [7, 11) is 0. The molecule has 34 heavy (non-hydrogen) atoms. The molecule has 1 aromatic heterocycles. The van der Waals surface area contributed by atoms with E-state index >= 15 is 0 Å². The summed E-state index contributed by atoms with van der Waals surface area (Å²) in [6.45, 7) is 3.69. The second kappa shape index (κ2) is 10.3. The Labute approximate surface area is 205 Å². The summed E-state index contributed by atoms with van der Waals surface area (Å²) in [6.07, 6.45) is 6.33. The van der Waals surface area contributed by atoms with E-state index < -0.39 is 0 Å². The number of fused-ring (bicyclic) bond motifs is 1. The number of piperidine rings is 1. The highest BCUT2D eigenvalue weighted by atomic mass is 32.1. The number of likely N-dealkylation sites (tertiary alicyclic amines) is 1. The Balaban J connectivity index is 1.38. The van der Waals surface area contributed by atoms with Crippen LogP contribution in [0.5, 0.6) is 11.5 Å². The number of ether oxygens (including phenoxy) is 1. The van der Waals surface area contributed by atoms with Gasteiger partial charge in [-0.05, 0) is 104 Å². The minimum absolute atomic E-state index is 0.661. The van der Waals surface area contributed by atoms with Gasteiger partial charge in [0, 0.05) is 16.6 Å². The number of aryl methyl sites for hydroxylation is 1. The van der Waals surface area contributed by atoms with Gasteiger partial charge in [-0.3, -0.25) is 0 Å². The standard InChI is InChI=1S/C29H29N3OS/c30-20-23-14-18-34-29(23)27-12-8-22-19-24(31)9-13-26(22)28(27)33-25-10-6-21(7-11-25)5-4-17-32-15-2-1-3-16-32/h6-14,18-19H,1-5,15-17,31H2. The molecule has 1 saturated heterocycles. The number of nitrogen functional groups attached to an aromatic ring is 1. The highest BCUT2D eigenvalue weighted by molar-refractivity contribution is 7.13. The van der Waals surface area contributed by atoms with E-state index in [-0.39, 0.29) is 0 Å². The normalized spacial score (nSPS) is 14.2. The van der Waals surface area contributed by atoms with Crippen LogP contribution in [0.4, 0.5) is 5.69 Å². The largest absolute Gasteiger partial charge is 0.456 e. The van der Waals surface area contributed by atoms with Crippen molar-refractivity contribution in [1.29, 1.82) is 5.26 Å². The maximum atomic E-state index is 9.58. The van der Waals surface area contributed by atoms with Gasteiger partial charge in [0.2, 0.25) is 0 Å². The summed E-state index contributed by atoms with van der Waals surface area (Å²) in [5.74, 6) is 1.55. The van der Waals surface area contributed by atoms with Gasteiger partial charge < -0.3 is 15.4 Å². The minimum atomic E-state index is 0.661. The molecule has 1 fully saturated rings. The topological polar surface area (TPSA) is 62.3 Å². The van der Waals surface area contributed by atoms with E-state index in [2.05, 4.69) is 35.2 Å². The molecule has 5 rings (SSSR count). The number of nitriles is 1. The van der Waals surface area contributed by atoms with Crippen LogP contribution in [-0.2, 0) is 6.42 Å². The molecule has 0 amide bonds. The number of anilines is 1. The molecule has 2 N–H and O–H groups in total.